The fourth-order valence-electron chi connectivity index (χ4n) is 2.85. The zero-order valence-corrected chi connectivity index (χ0v) is 10.2. The number of para-hydroxylation sites is 1. The second-order valence-electron chi connectivity index (χ2n) is 4.94. The first-order chi connectivity index (χ1) is 8.77. The van der Waals surface area contributed by atoms with E-state index in [1.807, 2.05) is 12.1 Å². The van der Waals surface area contributed by atoms with E-state index in [9.17, 15) is 9.59 Å². The van der Waals surface area contributed by atoms with Gasteiger partial charge in [0.2, 0.25) is 0 Å². The Kier molecular flexibility index (Phi) is 2.78. The molecule has 0 aliphatic heterocycles. The molecule has 4 heteroatoms. The maximum atomic E-state index is 12.4. The lowest BCUT2D eigenvalue weighted by atomic mass is 9.95. The topological polar surface area (TPSA) is 54.9 Å². The number of hydrogen-bond donors (Lipinski definition) is 1. The van der Waals surface area contributed by atoms with E-state index in [2.05, 4.69) is 4.98 Å². The number of H-pyrrole nitrogens is 1. The Morgan fingerprint density at radius 3 is 2.56 bits per heavy atom. The van der Waals surface area contributed by atoms with Crippen LogP contribution in [0.2, 0.25) is 0 Å². The molecule has 1 aliphatic rings. The lowest BCUT2D eigenvalue weighted by Gasteiger charge is -2.23. The quantitative estimate of drug-likeness (QED) is 0.836. The summed E-state index contributed by atoms with van der Waals surface area (Å²) < 4.78 is 1.42. The van der Waals surface area contributed by atoms with Crippen molar-refractivity contribution in [3.8, 4) is 0 Å². The largest absolute Gasteiger partial charge is 0.329 e. The van der Waals surface area contributed by atoms with Crippen LogP contribution in [0.15, 0.2) is 33.9 Å². The summed E-state index contributed by atoms with van der Waals surface area (Å²) in [7, 11) is 0. The predicted octanol–water partition coefficient (Wildman–Crippen LogP) is 2.20. The summed E-state index contributed by atoms with van der Waals surface area (Å²) in [6, 6.07) is 7.26. The molecule has 1 aromatic heterocycles. The Morgan fingerprint density at radius 2 is 1.78 bits per heavy atom. The van der Waals surface area contributed by atoms with Crippen LogP contribution < -0.4 is 11.2 Å². The van der Waals surface area contributed by atoms with Crippen molar-refractivity contribution in [2.75, 3.05) is 0 Å². The van der Waals surface area contributed by atoms with E-state index in [4.69, 9.17) is 0 Å². The van der Waals surface area contributed by atoms with Crippen molar-refractivity contribution in [3.63, 3.8) is 0 Å². The van der Waals surface area contributed by atoms with Crippen molar-refractivity contribution in [3.05, 3.63) is 45.1 Å². The van der Waals surface area contributed by atoms with Crippen LogP contribution in [-0.2, 0) is 0 Å². The standard InChI is InChI=1S/C14H16N2O2/c17-13-11-8-4-5-9-12(11)15-14(18)16(13)10-6-2-1-3-7-10/h4-5,8-10H,1-3,6-7H2,(H,15,18). The summed E-state index contributed by atoms with van der Waals surface area (Å²) in [5.74, 6) is 0. The number of aromatic amines is 1. The number of fused-ring (bicyclic) bond motifs is 1. The molecule has 0 saturated heterocycles. The van der Waals surface area contributed by atoms with Gasteiger partial charge in [-0.1, -0.05) is 31.4 Å². The van der Waals surface area contributed by atoms with Gasteiger partial charge >= 0.3 is 5.69 Å². The van der Waals surface area contributed by atoms with Gasteiger partial charge in [0.1, 0.15) is 0 Å². The SMILES string of the molecule is O=c1[nH]c2ccccc2c(=O)n1C1CCCCC1. The number of benzene rings is 1. The highest BCUT2D eigenvalue weighted by Crippen LogP contribution is 2.25. The second-order valence-corrected chi connectivity index (χ2v) is 4.94. The molecule has 0 amide bonds. The summed E-state index contributed by atoms with van der Waals surface area (Å²) in [4.78, 5) is 27.3. The van der Waals surface area contributed by atoms with Crippen LogP contribution in [-0.4, -0.2) is 9.55 Å². The van der Waals surface area contributed by atoms with Crippen molar-refractivity contribution >= 4 is 10.9 Å². The van der Waals surface area contributed by atoms with Gasteiger partial charge in [-0.15, -0.1) is 0 Å². The van der Waals surface area contributed by atoms with Crippen LogP contribution in [0.4, 0.5) is 0 Å². The molecule has 0 radical (unpaired) electrons. The minimum absolute atomic E-state index is 0.0691. The molecule has 0 spiro atoms. The van der Waals surface area contributed by atoms with Gasteiger partial charge in [0.25, 0.3) is 5.56 Å². The lowest BCUT2D eigenvalue weighted by Crippen LogP contribution is -2.38. The first kappa shape index (κ1) is 11.3. The van der Waals surface area contributed by atoms with Crippen LogP contribution in [0, 0.1) is 0 Å². The van der Waals surface area contributed by atoms with Crippen LogP contribution in [0.1, 0.15) is 38.1 Å². The molecule has 1 fully saturated rings. The Morgan fingerprint density at radius 1 is 1.06 bits per heavy atom. The molecule has 18 heavy (non-hydrogen) atoms. The van der Waals surface area contributed by atoms with E-state index in [-0.39, 0.29) is 17.3 Å². The summed E-state index contributed by atoms with van der Waals surface area (Å²) >= 11 is 0. The molecule has 1 aliphatic carbocycles. The summed E-state index contributed by atoms with van der Waals surface area (Å²) in [6.07, 6.45) is 5.27. The number of hydrogen-bond acceptors (Lipinski definition) is 2. The van der Waals surface area contributed by atoms with Crippen LogP contribution in [0.5, 0.6) is 0 Å². The summed E-state index contributed by atoms with van der Waals surface area (Å²) in [6.45, 7) is 0. The van der Waals surface area contributed by atoms with Gasteiger partial charge < -0.3 is 4.98 Å². The van der Waals surface area contributed by atoms with Gasteiger partial charge in [0, 0.05) is 6.04 Å². The van der Waals surface area contributed by atoms with Gasteiger partial charge in [-0.3, -0.25) is 9.36 Å². The van der Waals surface area contributed by atoms with E-state index in [1.165, 1.54) is 11.0 Å². The minimum Gasteiger partial charge on any atom is -0.307 e. The molecule has 1 aromatic carbocycles. The molecule has 0 unspecified atom stereocenters. The number of rotatable bonds is 1. The third kappa shape index (κ3) is 1.78. The zero-order valence-electron chi connectivity index (χ0n) is 10.2. The van der Waals surface area contributed by atoms with E-state index < -0.39 is 0 Å². The highest BCUT2D eigenvalue weighted by atomic mass is 16.2. The second kappa shape index (κ2) is 4.44. The molecule has 94 valence electrons. The van der Waals surface area contributed by atoms with Crippen LogP contribution in [0.25, 0.3) is 10.9 Å². The average molecular weight is 244 g/mol. The molecular weight excluding hydrogens is 228 g/mol. The maximum absolute atomic E-state index is 12.4. The number of aromatic nitrogens is 2. The van der Waals surface area contributed by atoms with E-state index >= 15 is 0 Å². The van der Waals surface area contributed by atoms with Gasteiger partial charge in [-0.25, -0.2) is 4.79 Å². The molecule has 3 rings (SSSR count). The predicted molar refractivity (Wildman–Crippen MR) is 71.0 cm³/mol. The first-order valence-corrected chi connectivity index (χ1v) is 6.51. The van der Waals surface area contributed by atoms with Gasteiger partial charge in [-0.05, 0) is 25.0 Å². The Labute approximate surface area is 104 Å². The van der Waals surface area contributed by atoms with Crippen molar-refractivity contribution in [2.45, 2.75) is 38.1 Å². The zero-order chi connectivity index (χ0) is 12.5. The Bertz CT molecular complexity index is 678. The monoisotopic (exact) mass is 244 g/mol. The highest BCUT2D eigenvalue weighted by molar-refractivity contribution is 5.76. The maximum Gasteiger partial charge on any atom is 0.329 e. The van der Waals surface area contributed by atoms with Gasteiger partial charge in [0.05, 0.1) is 10.9 Å². The van der Waals surface area contributed by atoms with E-state index in [0.717, 1.165) is 25.7 Å². The van der Waals surface area contributed by atoms with Crippen molar-refractivity contribution < 1.29 is 0 Å². The molecule has 1 saturated carbocycles. The molecular formula is C14H16N2O2. The van der Waals surface area contributed by atoms with E-state index in [0.29, 0.717) is 10.9 Å². The molecule has 0 bridgehead atoms. The molecule has 1 N–H and O–H groups in total. The molecule has 1 heterocycles. The van der Waals surface area contributed by atoms with Crippen molar-refractivity contribution in [1.29, 1.82) is 0 Å². The fourth-order valence-corrected chi connectivity index (χ4v) is 2.85. The third-order valence-corrected chi connectivity index (χ3v) is 3.78. The molecule has 2 aromatic rings. The Hall–Kier alpha value is -1.84. The third-order valence-electron chi connectivity index (χ3n) is 3.78. The van der Waals surface area contributed by atoms with Gasteiger partial charge in [-0.2, -0.15) is 0 Å². The number of nitrogens with one attached hydrogen (secondary N) is 1. The normalized spacial score (nSPS) is 17.1. The molecule has 0 atom stereocenters. The van der Waals surface area contributed by atoms with Crippen molar-refractivity contribution in [1.82, 2.24) is 9.55 Å². The minimum atomic E-state index is -0.273. The summed E-state index contributed by atoms with van der Waals surface area (Å²) in [5.41, 5.74) is 0.200. The van der Waals surface area contributed by atoms with Crippen molar-refractivity contribution in [2.24, 2.45) is 0 Å². The highest BCUT2D eigenvalue weighted by Gasteiger charge is 2.19. The average Bonchev–Trinajstić information content (AvgIpc) is 2.40. The van der Waals surface area contributed by atoms with E-state index in [1.54, 1.807) is 12.1 Å². The number of nitrogens with zero attached hydrogens (tertiary/aromatic N) is 1. The first-order valence-electron chi connectivity index (χ1n) is 6.51. The lowest BCUT2D eigenvalue weighted by molar-refractivity contribution is 0.338. The Balaban J connectivity index is 2.22. The van der Waals surface area contributed by atoms with Gasteiger partial charge in [0.15, 0.2) is 0 Å². The smallest absolute Gasteiger partial charge is 0.307 e. The molecule has 4 nitrogen and oxygen atoms in total. The van der Waals surface area contributed by atoms with Crippen LogP contribution in [0.3, 0.4) is 0 Å². The summed E-state index contributed by atoms with van der Waals surface area (Å²) in [5, 5.41) is 0.600. The van der Waals surface area contributed by atoms with Crippen LogP contribution >= 0.6 is 0 Å². The fraction of sp³-hybridized carbons (Fsp3) is 0.429.